The Bertz CT molecular complexity index is 2390. The lowest BCUT2D eigenvalue weighted by atomic mass is 10.0. The zero-order valence-corrected chi connectivity index (χ0v) is 33.7. The fourth-order valence-corrected chi connectivity index (χ4v) is 9.34. The second kappa shape index (κ2) is 15.4. The highest BCUT2D eigenvalue weighted by Gasteiger charge is 2.62. The highest BCUT2D eigenvalue weighted by atomic mass is 32.2. The van der Waals surface area contributed by atoms with E-state index in [1.807, 2.05) is 66.7 Å². The van der Waals surface area contributed by atoms with Gasteiger partial charge in [0.25, 0.3) is 5.91 Å². The lowest BCUT2D eigenvalue weighted by Crippen LogP contribution is -2.58. The largest absolute Gasteiger partial charge is 0.484 e. The molecule has 2 aromatic heterocycles. The van der Waals surface area contributed by atoms with Crippen molar-refractivity contribution in [3.8, 4) is 17.0 Å². The van der Waals surface area contributed by atoms with Crippen molar-refractivity contribution in [2.24, 2.45) is 5.92 Å². The Hall–Kier alpha value is -5.44. The predicted molar refractivity (Wildman–Crippen MR) is 216 cm³/mol. The Morgan fingerprint density at radius 1 is 1.00 bits per heavy atom. The van der Waals surface area contributed by atoms with Crippen LogP contribution in [0.15, 0.2) is 77.2 Å². The smallest absolute Gasteiger partial charge is 0.408 e. The minimum atomic E-state index is -3.91. The number of carbonyl (C=O) groups excluding carboxylic acids is 4. The Labute approximate surface area is 337 Å². The Morgan fingerprint density at radius 2 is 1.76 bits per heavy atom. The lowest BCUT2D eigenvalue weighted by Gasteiger charge is -2.30. The zero-order valence-electron chi connectivity index (χ0n) is 32.9. The molecule has 4 aliphatic rings. The fraction of sp³-hybridized carbons (Fsp3) is 0.465. The van der Waals surface area contributed by atoms with E-state index in [2.05, 4.69) is 15.4 Å². The van der Waals surface area contributed by atoms with Gasteiger partial charge < -0.3 is 29.4 Å². The number of carbonyl (C=O) groups is 4. The maximum Gasteiger partial charge on any atom is 0.408 e. The number of nitrogens with zero attached hydrogens (tertiary/aromatic N) is 2. The van der Waals surface area contributed by atoms with Crippen LogP contribution in [0.25, 0.3) is 33.3 Å². The molecule has 1 saturated heterocycles. The van der Waals surface area contributed by atoms with Crippen molar-refractivity contribution >= 4 is 55.9 Å². The first-order valence-corrected chi connectivity index (χ1v) is 21.6. The van der Waals surface area contributed by atoms with Gasteiger partial charge in [0.2, 0.25) is 21.8 Å². The minimum absolute atomic E-state index is 0.0278. The maximum absolute atomic E-state index is 14.7. The predicted octanol–water partition coefficient (Wildman–Crippen LogP) is 5.89. The van der Waals surface area contributed by atoms with Crippen molar-refractivity contribution in [3.05, 3.63) is 72.8 Å². The van der Waals surface area contributed by atoms with Gasteiger partial charge in [-0.25, -0.2) is 18.2 Å². The average molecular weight is 812 g/mol. The van der Waals surface area contributed by atoms with E-state index in [9.17, 15) is 27.6 Å². The van der Waals surface area contributed by atoms with Crippen LogP contribution in [0.4, 0.5) is 4.79 Å². The van der Waals surface area contributed by atoms with Crippen molar-refractivity contribution in [3.63, 3.8) is 0 Å². The second-order valence-corrected chi connectivity index (χ2v) is 18.8. The molecule has 3 fully saturated rings. The van der Waals surface area contributed by atoms with Gasteiger partial charge >= 0.3 is 6.09 Å². The third kappa shape index (κ3) is 8.27. The van der Waals surface area contributed by atoms with Crippen molar-refractivity contribution in [2.45, 2.75) is 113 Å². The molecule has 4 heterocycles. The summed E-state index contributed by atoms with van der Waals surface area (Å²) in [6.07, 6.45) is 6.63. The monoisotopic (exact) mass is 811 g/mol. The summed E-state index contributed by atoms with van der Waals surface area (Å²) < 4.78 is 46.6. The number of amides is 4. The Balaban J connectivity index is 1.14. The van der Waals surface area contributed by atoms with Crippen LogP contribution in [0.3, 0.4) is 0 Å². The van der Waals surface area contributed by atoms with Crippen LogP contribution < -0.4 is 20.1 Å². The molecule has 2 aromatic carbocycles. The first-order valence-electron chi connectivity index (χ1n) is 20.1. The summed E-state index contributed by atoms with van der Waals surface area (Å²) in [5.41, 5.74) is 0.771. The molecule has 0 unspecified atom stereocenters. The lowest BCUT2D eigenvalue weighted by molar-refractivity contribution is -0.141. The number of rotatable bonds is 7. The highest BCUT2D eigenvalue weighted by molar-refractivity contribution is 7.91. The van der Waals surface area contributed by atoms with Gasteiger partial charge in [0.1, 0.15) is 40.4 Å². The molecule has 3 N–H and O–H groups in total. The van der Waals surface area contributed by atoms with Crippen molar-refractivity contribution in [1.29, 1.82) is 0 Å². The zero-order chi connectivity index (χ0) is 40.8. The molecule has 15 heteroatoms. The van der Waals surface area contributed by atoms with Gasteiger partial charge in [0, 0.05) is 29.4 Å². The number of hydrogen-bond acceptors (Lipinski definition) is 10. The van der Waals surface area contributed by atoms with E-state index < -0.39 is 74.3 Å². The SMILES string of the molecule is CC(C)(C)OC(=O)N[C@H]1CCCCC/C=C\[C@@H]2C[C@@]2(C(=O)NS(=O)(=O)C2CC2)NC(=O)[C@@H]2C[C@@H](Oc3cc(-c4ccccc4)nc4c3oc3ccccc34)CN2C1=O. The molecular weight excluding hydrogens is 763 g/mol. The number of aromatic nitrogens is 1. The second-order valence-electron chi connectivity index (χ2n) is 16.8. The molecular formula is C43H49N5O9S. The number of allylic oxidation sites excluding steroid dienone is 1. The van der Waals surface area contributed by atoms with E-state index in [4.69, 9.17) is 18.9 Å². The molecule has 2 aliphatic carbocycles. The molecule has 4 amide bonds. The Morgan fingerprint density at radius 3 is 2.52 bits per heavy atom. The summed E-state index contributed by atoms with van der Waals surface area (Å²) in [5, 5.41) is 5.83. The summed E-state index contributed by atoms with van der Waals surface area (Å²) in [6.45, 7) is 5.16. The molecule has 2 aliphatic heterocycles. The van der Waals surface area contributed by atoms with Gasteiger partial charge in [0.15, 0.2) is 11.3 Å². The van der Waals surface area contributed by atoms with Crippen LogP contribution in [0.2, 0.25) is 0 Å². The number of ether oxygens (including phenoxy) is 2. The molecule has 5 atom stereocenters. The van der Waals surface area contributed by atoms with E-state index in [1.165, 1.54) is 4.90 Å². The van der Waals surface area contributed by atoms with Crippen LogP contribution in [0, 0.1) is 5.92 Å². The third-order valence-corrected chi connectivity index (χ3v) is 13.0. The maximum atomic E-state index is 14.7. The van der Waals surface area contributed by atoms with Crippen molar-refractivity contribution < 1.29 is 41.5 Å². The number of para-hydroxylation sites is 1. The summed E-state index contributed by atoms with van der Waals surface area (Å²) in [7, 11) is -3.91. The van der Waals surface area contributed by atoms with Crippen molar-refractivity contribution in [2.75, 3.05) is 6.54 Å². The van der Waals surface area contributed by atoms with Gasteiger partial charge in [-0.3, -0.25) is 19.1 Å². The number of sulfonamides is 1. The summed E-state index contributed by atoms with van der Waals surface area (Å²) in [5.74, 6) is -1.99. The van der Waals surface area contributed by atoms with E-state index >= 15 is 0 Å². The Kier molecular flexibility index (Phi) is 10.4. The third-order valence-electron chi connectivity index (χ3n) is 11.2. The number of hydrogen-bond donors (Lipinski definition) is 3. The standard InChI is InChI=1S/C43H49N5O9S/c1-42(2,3)57-41(52)45-31-18-11-6-4-5-10-16-27-24-43(27,40(51)47-58(53,54)29-20-21-29)46-38(49)33-22-28(25-48(33)39(31)50)55-35-23-32(26-14-8-7-9-15-26)44-36-30-17-12-13-19-34(30)56-37(35)36/h7-10,12-17,19,23,27-29,31,33H,4-6,11,18,20-22,24-25H2,1-3H3,(H,45,52)(H,46,49)(H,47,51)/b16-10-/t27-,28-,31+,33+,43-/m1/s1. The number of fused-ring (bicyclic) bond motifs is 5. The van der Waals surface area contributed by atoms with Crippen LogP contribution in [0.5, 0.6) is 5.75 Å². The fourth-order valence-electron chi connectivity index (χ4n) is 7.97. The van der Waals surface area contributed by atoms with Crippen molar-refractivity contribution in [1.82, 2.24) is 25.2 Å². The van der Waals surface area contributed by atoms with Gasteiger partial charge in [-0.2, -0.15) is 0 Å². The normalized spacial score (nSPS) is 26.1. The van der Waals surface area contributed by atoms with E-state index in [0.717, 1.165) is 23.8 Å². The molecule has 0 radical (unpaired) electrons. The van der Waals surface area contributed by atoms with Gasteiger partial charge in [-0.1, -0.05) is 67.5 Å². The van der Waals surface area contributed by atoms with Crippen LogP contribution in [0.1, 0.15) is 78.6 Å². The first kappa shape index (κ1) is 39.4. The van der Waals surface area contributed by atoms with Gasteiger partial charge in [-0.15, -0.1) is 0 Å². The van der Waals surface area contributed by atoms with Crippen LogP contribution >= 0.6 is 0 Å². The summed E-state index contributed by atoms with van der Waals surface area (Å²) in [6, 6.07) is 16.8. The highest BCUT2D eigenvalue weighted by Crippen LogP contribution is 2.46. The minimum Gasteiger partial charge on any atom is -0.484 e. The van der Waals surface area contributed by atoms with E-state index in [-0.39, 0.29) is 19.4 Å². The molecule has 0 bridgehead atoms. The van der Waals surface area contributed by atoms with Gasteiger partial charge in [0.05, 0.1) is 17.5 Å². The van der Waals surface area contributed by atoms with Gasteiger partial charge in [-0.05, 0) is 71.4 Å². The van der Waals surface area contributed by atoms with Crippen LogP contribution in [-0.4, -0.2) is 83.2 Å². The molecule has 58 heavy (non-hydrogen) atoms. The van der Waals surface area contributed by atoms with E-state index in [1.54, 1.807) is 26.8 Å². The molecule has 8 rings (SSSR count). The summed E-state index contributed by atoms with van der Waals surface area (Å²) in [4.78, 5) is 62.5. The number of alkyl carbamates (subject to hydrolysis) is 1. The molecule has 14 nitrogen and oxygen atoms in total. The number of pyridine rings is 1. The average Bonchev–Trinajstić information content (AvgIpc) is 4.08. The van der Waals surface area contributed by atoms with Crippen LogP contribution in [-0.2, 0) is 29.1 Å². The quantitative estimate of drug-likeness (QED) is 0.190. The molecule has 0 spiro atoms. The van der Waals surface area contributed by atoms with E-state index in [0.29, 0.717) is 60.2 Å². The first-order chi connectivity index (χ1) is 27.7. The molecule has 306 valence electrons. The summed E-state index contributed by atoms with van der Waals surface area (Å²) >= 11 is 0. The topological polar surface area (TPSA) is 186 Å². The molecule has 4 aromatic rings. The number of benzene rings is 2. The molecule has 2 saturated carbocycles. The number of furan rings is 1. The number of nitrogens with one attached hydrogen (secondary N) is 3.